The molecule has 0 bridgehead atoms. The van der Waals surface area contributed by atoms with Crippen LogP contribution in [0.15, 0.2) is 42.5 Å². The number of halogens is 2. The highest BCUT2D eigenvalue weighted by atomic mass is 35.5. The molecule has 1 saturated heterocycles. The maximum atomic E-state index is 13.2. The van der Waals surface area contributed by atoms with Gasteiger partial charge in [-0.05, 0) is 36.2 Å². The van der Waals surface area contributed by atoms with Crippen LogP contribution in [-0.2, 0) is 20.9 Å². The first-order valence-corrected chi connectivity index (χ1v) is 12.9. The molecule has 2 unspecified atom stereocenters. The van der Waals surface area contributed by atoms with Crippen LogP contribution in [0.25, 0.3) is 0 Å². The first-order chi connectivity index (χ1) is 17.3. The quantitative estimate of drug-likeness (QED) is 0.409. The van der Waals surface area contributed by atoms with Crippen molar-refractivity contribution in [2.24, 2.45) is 5.73 Å². The van der Waals surface area contributed by atoms with Crippen molar-refractivity contribution in [3.8, 4) is 0 Å². The van der Waals surface area contributed by atoms with E-state index in [0.29, 0.717) is 28.7 Å². The van der Waals surface area contributed by atoms with Crippen molar-refractivity contribution in [1.29, 1.82) is 0 Å². The molecule has 196 valence electrons. The molecule has 3 rings (SSSR count). The molecular formula is C26H35Cl2N5O3. The van der Waals surface area contributed by atoms with Crippen molar-refractivity contribution in [2.75, 3.05) is 51.3 Å². The molecule has 10 heteroatoms. The number of nitrogens with two attached hydrogens (primary N) is 1. The van der Waals surface area contributed by atoms with Gasteiger partial charge in [0.25, 0.3) is 0 Å². The Morgan fingerprint density at radius 1 is 1.11 bits per heavy atom. The van der Waals surface area contributed by atoms with Gasteiger partial charge in [-0.1, -0.05) is 47.5 Å². The number of hydrogen-bond acceptors (Lipinski definition) is 6. The number of para-hydroxylation sites is 1. The Morgan fingerprint density at radius 3 is 2.50 bits per heavy atom. The number of hydrogen-bond donors (Lipinski definition) is 3. The standard InChI is InChI=1S/C26H35Cl2N5O3/c1-18(36-2)16-30-17-19-5-3-4-6-24(19)32-9-11-33(12-10-32)26(35)14-23(31-25(34)15-29)21-8-7-20(27)13-22(21)28/h3-8,13,18,23,30H,9-12,14-17,29H2,1-2H3,(H,31,34). The van der Waals surface area contributed by atoms with Crippen LogP contribution in [0.3, 0.4) is 0 Å². The largest absolute Gasteiger partial charge is 0.380 e. The van der Waals surface area contributed by atoms with Gasteiger partial charge in [0.05, 0.1) is 25.1 Å². The summed E-state index contributed by atoms with van der Waals surface area (Å²) in [4.78, 5) is 29.4. The summed E-state index contributed by atoms with van der Waals surface area (Å²) in [5.41, 5.74) is 8.51. The van der Waals surface area contributed by atoms with E-state index in [2.05, 4.69) is 27.7 Å². The fraction of sp³-hybridized carbons (Fsp3) is 0.462. The number of anilines is 1. The summed E-state index contributed by atoms with van der Waals surface area (Å²) in [6.45, 7) is 5.99. The molecular weight excluding hydrogens is 501 g/mol. The van der Waals surface area contributed by atoms with E-state index in [4.69, 9.17) is 33.7 Å². The van der Waals surface area contributed by atoms with Gasteiger partial charge in [-0.2, -0.15) is 0 Å². The monoisotopic (exact) mass is 535 g/mol. The predicted octanol–water partition coefficient (Wildman–Crippen LogP) is 2.97. The van der Waals surface area contributed by atoms with Gasteiger partial charge in [-0.15, -0.1) is 0 Å². The van der Waals surface area contributed by atoms with Crippen LogP contribution in [0.4, 0.5) is 5.69 Å². The number of nitrogens with zero attached hydrogens (tertiary/aromatic N) is 2. The van der Waals surface area contributed by atoms with Crippen LogP contribution in [-0.4, -0.2) is 69.2 Å². The molecule has 2 aromatic rings. The van der Waals surface area contributed by atoms with Gasteiger partial charge in [0.1, 0.15) is 0 Å². The molecule has 1 heterocycles. The van der Waals surface area contributed by atoms with Crippen LogP contribution in [0, 0.1) is 0 Å². The number of amides is 2. The maximum absolute atomic E-state index is 13.2. The number of piperazine rings is 1. The Hall–Kier alpha value is -2.36. The van der Waals surface area contributed by atoms with Crippen LogP contribution in [0.5, 0.6) is 0 Å². The topological polar surface area (TPSA) is 99.9 Å². The highest BCUT2D eigenvalue weighted by molar-refractivity contribution is 6.35. The summed E-state index contributed by atoms with van der Waals surface area (Å²) in [5.74, 6) is -0.403. The molecule has 1 aliphatic heterocycles. The molecule has 1 aliphatic rings. The third-order valence-electron chi connectivity index (χ3n) is 6.35. The molecule has 2 aromatic carbocycles. The van der Waals surface area contributed by atoms with Crippen molar-refractivity contribution in [1.82, 2.24) is 15.5 Å². The fourth-order valence-corrected chi connectivity index (χ4v) is 4.78. The lowest BCUT2D eigenvalue weighted by Gasteiger charge is -2.37. The summed E-state index contributed by atoms with van der Waals surface area (Å²) in [7, 11) is 1.71. The molecule has 0 aliphatic carbocycles. The Kier molecular flexibility index (Phi) is 10.8. The second-order valence-electron chi connectivity index (χ2n) is 8.87. The normalized spacial score (nSPS) is 15.5. The summed E-state index contributed by atoms with van der Waals surface area (Å²) in [6.07, 6.45) is 0.235. The number of nitrogens with one attached hydrogen (secondary N) is 2. The maximum Gasteiger partial charge on any atom is 0.234 e. The Labute approximate surface area is 223 Å². The molecule has 2 amide bonds. The molecule has 36 heavy (non-hydrogen) atoms. The lowest BCUT2D eigenvalue weighted by molar-refractivity contribution is -0.132. The predicted molar refractivity (Wildman–Crippen MR) is 144 cm³/mol. The van der Waals surface area contributed by atoms with E-state index in [-0.39, 0.29) is 30.9 Å². The fourth-order valence-electron chi connectivity index (χ4n) is 4.24. The molecule has 2 atom stereocenters. The second kappa shape index (κ2) is 13.8. The zero-order chi connectivity index (χ0) is 26.1. The summed E-state index contributed by atoms with van der Waals surface area (Å²) >= 11 is 12.4. The Morgan fingerprint density at radius 2 is 1.83 bits per heavy atom. The highest BCUT2D eigenvalue weighted by Crippen LogP contribution is 2.29. The minimum absolute atomic E-state index is 0.0495. The molecule has 0 saturated carbocycles. The highest BCUT2D eigenvalue weighted by Gasteiger charge is 2.27. The van der Waals surface area contributed by atoms with Crippen LogP contribution < -0.4 is 21.3 Å². The number of benzene rings is 2. The van der Waals surface area contributed by atoms with Crippen LogP contribution >= 0.6 is 23.2 Å². The van der Waals surface area contributed by atoms with Gasteiger partial charge in [-0.3, -0.25) is 9.59 Å². The van der Waals surface area contributed by atoms with Crippen molar-refractivity contribution < 1.29 is 14.3 Å². The SMILES string of the molecule is COC(C)CNCc1ccccc1N1CCN(C(=O)CC(NC(=O)CN)c2ccc(Cl)cc2Cl)CC1. The van der Waals surface area contributed by atoms with Crippen molar-refractivity contribution in [2.45, 2.75) is 32.0 Å². The number of rotatable bonds is 11. The molecule has 4 N–H and O–H groups in total. The summed E-state index contributed by atoms with van der Waals surface area (Å²) in [5, 5.41) is 7.15. The smallest absolute Gasteiger partial charge is 0.234 e. The van der Waals surface area contributed by atoms with Gasteiger partial charge in [0, 0.05) is 62.1 Å². The van der Waals surface area contributed by atoms with E-state index in [0.717, 1.165) is 26.2 Å². The molecule has 0 aromatic heterocycles. The van der Waals surface area contributed by atoms with Gasteiger partial charge in [0.2, 0.25) is 11.8 Å². The zero-order valence-corrected chi connectivity index (χ0v) is 22.3. The third-order valence-corrected chi connectivity index (χ3v) is 6.91. The molecule has 1 fully saturated rings. The van der Waals surface area contributed by atoms with E-state index >= 15 is 0 Å². The summed E-state index contributed by atoms with van der Waals surface area (Å²) in [6, 6.07) is 12.8. The minimum atomic E-state index is -0.586. The first kappa shape index (κ1) is 28.2. The lowest BCUT2D eigenvalue weighted by atomic mass is 10.0. The summed E-state index contributed by atoms with van der Waals surface area (Å²) < 4.78 is 5.31. The number of ether oxygens (including phenoxy) is 1. The van der Waals surface area contributed by atoms with Gasteiger partial charge in [0.15, 0.2) is 0 Å². The van der Waals surface area contributed by atoms with Crippen molar-refractivity contribution in [3.05, 3.63) is 63.6 Å². The van der Waals surface area contributed by atoms with E-state index in [9.17, 15) is 9.59 Å². The number of methoxy groups -OCH3 is 1. The number of carbonyl (C=O) groups is 2. The Bertz CT molecular complexity index is 1030. The van der Waals surface area contributed by atoms with E-state index in [1.807, 2.05) is 24.0 Å². The van der Waals surface area contributed by atoms with Crippen molar-refractivity contribution in [3.63, 3.8) is 0 Å². The van der Waals surface area contributed by atoms with E-state index in [1.54, 1.807) is 25.3 Å². The van der Waals surface area contributed by atoms with Gasteiger partial charge in [-0.25, -0.2) is 0 Å². The first-order valence-electron chi connectivity index (χ1n) is 12.1. The average Bonchev–Trinajstić information content (AvgIpc) is 2.88. The van der Waals surface area contributed by atoms with Crippen LogP contribution in [0.1, 0.15) is 30.5 Å². The van der Waals surface area contributed by atoms with E-state index < -0.39 is 6.04 Å². The molecule has 8 nitrogen and oxygen atoms in total. The van der Waals surface area contributed by atoms with Gasteiger partial charge >= 0.3 is 0 Å². The minimum Gasteiger partial charge on any atom is -0.380 e. The van der Waals surface area contributed by atoms with Crippen LogP contribution in [0.2, 0.25) is 10.0 Å². The van der Waals surface area contributed by atoms with E-state index in [1.165, 1.54) is 11.3 Å². The Balaban J connectivity index is 1.62. The van der Waals surface area contributed by atoms with Gasteiger partial charge < -0.3 is 30.9 Å². The second-order valence-corrected chi connectivity index (χ2v) is 9.71. The van der Waals surface area contributed by atoms with Crippen molar-refractivity contribution >= 4 is 40.7 Å². The zero-order valence-electron chi connectivity index (χ0n) is 20.8. The average molecular weight is 537 g/mol. The molecule has 0 spiro atoms. The lowest BCUT2D eigenvalue weighted by Crippen LogP contribution is -2.50. The molecule has 0 radical (unpaired) electrons. The third kappa shape index (κ3) is 7.82. The number of carbonyl (C=O) groups excluding carboxylic acids is 2.